The quantitative estimate of drug-likeness (QED) is 0.557. The molecule has 2 atom stereocenters. The number of nitrogens with one attached hydrogen (secondary N) is 1. The van der Waals surface area contributed by atoms with Crippen LogP contribution in [0.3, 0.4) is 0 Å². The van der Waals surface area contributed by atoms with Crippen molar-refractivity contribution >= 4 is 5.91 Å². The average molecular weight is 482 g/mol. The third kappa shape index (κ3) is 7.21. The maximum absolute atomic E-state index is 14.6. The summed E-state index contributed by atoms with van der Waals surface area (Å²) in [5.74, 6) is -0.256. The Kier molecular flexibility index (Phi) is 8.64. The van der Waals surface area contributed by atoms with Crippen molar-refractivity contribution in [1.29, 1.82) is 0 Å². The first kappa shape index (κ1) is 25.0. The van der Waals surface area contributed by atoms with E-state index in [2.05, 4.69) is 15.2 Å². The largest absolute Gasteiger partial charge is 0.492 e. The minimum absolute atomic E-state index is 0.124. The minimum atomic E-state index is -1.14. The SMILES string of the molecule is CC1C(CNC(=O)Cc2ccc(-c3ccc(F)cc3)cn2)=CC(OCCN2CCCCC2)=CC1F. The number of hydrogen-bond donors (Lipinski definition) is 1. The zero-order chi connectivity index (χ0) is 24.6. The Morgan fingerprint density at radius 2 is 1.86 bits per heavy atom. The van der Waals surface area contributed by atoms with Gasteiger partial charge in [-0.05, 0) is 67.4 Å². The van der Waals surface area contributed by atoms with E-state index < -0.39 is 6.17 Å². The molecule has 4 rings (SSSR count). The maximum Gasteiger partial charge on any atom is 0.226 e. The molecular formula is C28H33F2N3O2. The molecule has 35 heavy (non-hydrogen) atoms. The molecule has 2 heterocycles. The second kappa shape index (κ2) is 12.1. The lowest BCUT2D eigenvalue weighted by molar-refractivity contribution is -0.120. The van der Waals surface area contributed by atoms with E-state index in [0.29, 0.717) is 18.1 Å². The molecule has 186 valence electrons. The second-order valence-electron chi connectivity index (χ2n) is 9.27. The van der Waals surface area contributed by atoms with Crippen LogP contribution >= 0.6 is 0 Å². The number of carbonyl (C=O) groups excluding carboxylic acids is 1. The second-order valence-corrected chi connectivity index (χ2v) is 9.27. The first-order valence-corrected chi connectivity index (χ1v) is 12.4. The van der Waals surface area contributed by atoms with E-state index in [1.165, 1.54) is 37.5 Å². The van der Waals surface area contributed by atoms with Crippen molar-refractivity contribution in [2.45, 2.75) is 38.8 Å². The van der Waals surface area contributed by atoms with Crippen molar-refractivity contribution in [1.82, 2.24) is 15.2 Å². The first-order valence-electron chi connectivity index (χ1n) is 12.4. The number of ether oxygens (including phenoxy) is 1. The molecule has 5 nitrogen and oxygen atoms in total. The number of amides is 1. The number of hydrogen-bond acceptors (Lipinski definition) is 4. The Labute approximate surface area is 205 Å². The van der Waals surface area contributed by atoms with E-state index in [0.717, 1.165) is 36.3 Å². The molecule has 1 aliphatic heterocycles. The van der Waals surface area contributed by atoms with Gasteiger partial charge in [0.25, 0.3) is 0 Å². The van der Waals surface area contributed by atoms with E-state index in [9.17, 15) is 13.6 Å². The van der Waals surface area contributed by atoms with Crippen LogP contribution in [0.25, 0.3) is 11.1 Å². The van der Waals surface area contributed by atoms with Gasteiger partial charge in [0.15, 0.2) is 0 Å². The summed E-state index contributed by atoms with van der Waals surface area (Å²) in [4.78, 5) is 19.2. The van der Waals surface area contributed by atoms with Crippen LogP contribution in [0.4, 0.5) is 8.78 Å². The third-order valence-corrected chi connectivity index (χ3v) is 6.67. The number of nitrogens with zero attached hydrogens (tertiary/aromatic N) is 2. The number of benzene rings is 1. The molecule has 1 aromatic heterocycles. The van der Waals surface area contributed by atoms with E-state index >= 15 is 0 Å². The normalized spacial score (nSPS) is 20.7. The molecule has 0 radical (unpaired) electrons. The molecule has 2 unspecified atom stereocenters. The van der Waals surface area contributed by atoms with Gasteiger partial charge in [-0.2, -0.15) is 0 Å². The van der Waals surface area contributed by atoms with Gasteiger partial charge in [-0.25, -0.2) is 8.78 Å². The number of halogens is 2. The van der Waals surface area contributed by atoms with Crippen molar-refractivity contribution in [2.75, 3.05) is 32.8 Å². The lowest BCUT2D eigenvalue weighted by atomic mass is 9.91. The number of pyridine rings is 1. The lowest BCUT2D eigenvalue weighted by Crippen LogP contribution is -2.33. The number of likely N-dealkylation sites (tertiary alicyclic amines) is 1. The topological polar surface area (TPSA) is 54.5 Å². The Morgan fingerprint density at radius 1 is 1.11 bits per heavy atom. The average Bonchev–Trinajstić information content (AvgIpc) is 2.87. The monoisotopic (exact) mass is 481 g/mol. The van der Waals surface area contributed by atoms with Gasteiger partial charge in [-0.3, -0.25) is 14.7 Å². The Balaban J connectivity index is 1.26. The number of carbonyl (C=O) groups is 1. The van der Waals surface area contributed by atoms with E-state index in [1.807, 2.05) is 19.1 Å². The molecule has 1 aromatic carbocycles. The summed E-state index contributed by atoms with van der Waals surface area (Å²) in [6.07, 6.45) is 7.78. The molecular weight excluding hydrogens is 448 g/mol. The van der Waals surface area contributed by atoms with Crippen molar-refractivity contribution in [3.63, 3.8) is 0 Å². The Hall–Kier alpha value is -3.06. The number of alkyl halides is 1. The summed E-state index contributed by atoms with van der Waals surface area (Å²) in [6, 6.07) is 9.84. The van der Waals surface area contributed by atoms with Gasteiger partial charge < -0.3 is 10.1 Å². The van der Waals surface area contributed by atoms with E-state index in [-0.39, 0.29) is 30.6 Å². The van der Waals surface area contributed by atoms with Gasteiger partial charge in [0.05, 0.1) is 6.42 Å². The fraction of sp³-hybridized carbons (Fsp3) is 0.429. The van der Waals surface area contributed by atoms with Gasteiger partial charge in [-0.1, -0.05) is 31.5 Å². The lowest BCUT2D eigenvalue weighted by Gasteiger charge is -2.27. The van der Waals surface area contributed by atoms with Crippen LogP contribution in [-0.4, -0.2) is 54.7 Å². The smallest absolute Gasteiger partial charge is 0.226 e. The number of allylic oxidation sites excluding steroid dienone is 2. The van der Waals surface area contributed by atoms with Gasteiger partial charge in [0, 0.05) is 36.5 Å². The standard InChI is InChI=1S/C28H33F2N3O2/c1-20-23(15-26(17-27(20)30)35-14-13-33-11-3-2-4-12-33)19-32-28(34)16-25-10-7-22(18-31-25)21-5-8-24(29)9-6-21/h5-10,15,17-18,20,27H,2-4,11-14,16,19H2,1H3,(H,32,34). The highest BCUT2D eigenvalue weighted by atomic mass is 19.1. The summed E-state index contributed by atoms with van der Waals surface area (Å²) in [7, 11) is 0. The molecule has 0 saturated carbocycles. The molecule has 7 heteroatoms. The maximum atomic E-state index is 14.6. The number of piperidine rings is 1. The first-order chi connectivity index (χ1) is 17.0. The third-order valence-electron chi connectivity index (χ3n) is 6.67. The molecule has 1 fully saturated rings. The Bertz CT molecular complexity index is 1040. The van der Waals surface area contributed by atoms with Gasteiger partial charge in [0.1, 0.15) is 24.4 Å². The zero-order valence-electron chi connectivity index (χ0n) is 20.2. The van der Waals surface area contributed by atoms with Crippen molar-refractivity contribution in [2.24, 2.45) is 5.92 Å². The molecule has 1 saturated heterocycles. The Morgan fingerprint density at radius 3 is 2.57 bits per heavy atom. The van der Waals surface area contributed by atoms with Crippen molar-refractivity contribution in [3.05, 3.63) is 77.6 Å². The van der Waals surface area contributed by atoms with Crippen LogP contribution in [-0.2, 0) is 16.0 Å². The number of aromatic nitrogens is 1. The molecule has 0 bridgehead atoms. The predicted octanol–water partition coefficient (Wildman–Crippen LogP) is 4.85. The summed E-state index contributed by atoms with van der Waals surface area (Å²) in [5, 5.41) is 2.89. The van der Waals surface area contributed by atoms with Crippen LogP contribution in [0.15, 0.2) is 66.1 Å². The van der Waals surface area contributed by atoms with E-state index in [4.69, 9.17) is 4.74 Å². The summed E-state index contributed by atoms with van der Waals surface area (Å²) in [6.45, 7) is 5.66. The predicted molar refractivity (Wildman–Crippen MR) is 133 cm³/mol. The molecule has 2 aliphatic rings. The summed E-state index contributed by atoms with van der Waals surface area (Å²) < 4.78 is 33.5. The zero-order valence-corrected chi connectivity index (χ0v) is 20.2. The molecule has 1 amide bonds. The van der Waals surface area contributed by atoms with Crippen molar-refractivity contribution < 1.29 is 18.3 Å². The molecule has 0 spiro atoms. The molecule has 1 N–H and O–H groups in total. The minimum Gasteiger partial charge on any atom is -0.492 e. The molecule has 1 aliphatic carbocycles. The highest BCUT2D eigenvalue weighted by molar-refractivity contribution is 5.78. The fourth-order valence-corrected chi connectivity index (χ4v) is 4.42. The van der Waals surface area contributed by atoms with Crippen LogP contribution in [0, 0.1) is 11.7 Å². The van der Waals surface area contributed by atoms with Crippen LogP contribution < -0.4 is 5.32 Å². The van der Waals surface area contributed by atoms with Gasteiger partial charge in [-0.15, -0.1) is 0 Å². The van der Waals surface area contributed by atoms with Crippen molar-refractivity contribution in [3.8, 4) is 11.1 Å². The van der Waals surface area contributed by atoms with Crippen LogP contribution in [0.5, 0.6) is 0 Å². The van der Waals surface area contributed by atoms with Crippen LogP contribution in [0.1, 0.15) is 31.9 Å². The van der Waals surface area contributed by atoms with Gasteiger partial charge in [0.2, 0.25) is 5.91 Å². The fourth-order valence-electron chi connectivity index (χ4n) is 4.42. The summed E-state index contributed by atoms with van der Waals surface area (Å²) >= 11 is 0. The van der Waals surface area contributed by atoms with Gasteiger partial charge >= 0.3 is 0 Å². The highest BCUT2D eigenvalue weighted by Crippen LogP contribution is 2.27. The summed E-state index contributed by atoms with van der Waals surface area (Å²) in [5.41, 5.74) is 3.14. The van der Waals surface area contributed by atoms with E-state index in [1.54, 1.807) is 24.4 Å². The highest BCUT2D eigenvalue weighted by Gasteiger charge is 2.24. The van der Waals surface area contributed by atoms with Crippen LogP contribution in [0.2, 0.25) is 0 Å². The number of rotatable bonds is 9. The molecule has 2 aromatic rings.